The van der Waals surface area contributed by atoms with Crippen molar-refractivity contribution in [1.82, 2.24) is 10.4 Å². The fourth-order valence-electron chi connectivity index (χ4n) is 2.40. The summed E-state index contributed by atoms with van der Waals surface area (Å²) in [5.74, 6) is -1.50. The molecule has 0 atom stereocenters. The third-order valence-electron chi connectivity index (χ3n) is 3.89. The molecule has 0 aliphatic heterocycles. The fourth-order valence-corrected chi connectivity index (χ4v) is 2.91. The van der Waals surface area contributed by atoms with E-state index in [0.717, 1.165) is 29.3 Å². The van der Waals surface area contributed by atoms with Gasteiger partial charge in [-0.15, -0.1) is 0 Å². The molecule has 2 aromatic carbocycles. The van der Waals surface area contributed by atoms with E-state index >= 15 is 0 Å². The predicted octanol–water partition coefficient (Wildman–Crippen LogP) is 4.40. The molecule has 0 saturated heterocycles. The topological polar surface area (TPSA) is 136 Å². The average molecular weight is 455 g/mol. The van der Waals surface area contributed by atoms with Gasteiger partial charge in [-0.25, -0.2) is 5.01 Å². The first-order valence-electron chi connectivity index (χ1n) is 8.36. The molecule has 0 unspecified atom stereocenters. The van der Waals surface area contributed by atoms with Gasteiger partial charge in [0.2, 0.25) is 0 Å². The van der Waals surface area contributed by atoms with Crippen LogP contribution in [0.15, 0.2) is 36.4 Å². The molecule has 30 heavy (non-hydrogen) atoms. The van der Waals surface area contributed by atoms with Crippen LogP contribution >= 0.6 is 23.2 Å². The van der Waals surface area contributed by atoms with Gasteiger partial charge in [0.05, 0.1) is 36.6 Å². The smallest absolute Gasteiger partial charge is 0.267 e. The Hall–Kier alpha value is -3.24. The van der Waals surface area contributed by atoms with Crippen molar-refractivity contribution in [3.05, 3.63) is 77.8 Å². The lowest BCUT2D eigenvalue weighted by Gasteiger charge is -2.35. The quantitative estimate of drug-likeness (QED) is 0.536. The maximum Gasteiger partial charge on any atom is 0.274 e. The molecule has 12 heteroatoms. The summed E-state index contributed by atoms with van der Waals surface area (Å²) in [5, 5.41) is 22.4. The van der Waals surface area contributed by atoms with E-state index in [1.54, 1.807) is 20.8 Å². The van der Waals surface area contributed by atoms with Gasteiger partial charge in [0.25, 0.3) is 23.2 Å². The number of nitrogens with one attached hydrogen (secondary N) is 1. The molecule has 0 aromatic heterocycles. The summed E-state index contributed by atoms with van der Waals surface area (Å²) in [6.45, 7) is 4.92. The van der Waals surface area contributed by atoms with Gasteiger partial charge < -0.3 is 0 Å². The average Bonchev–Trinajstić information content (AvgIpc) is 2.64. The molecule has 0 radical (unpaired) electrons. The van der Waals surface area contributed by atoms with Gasteiger partial charge in [-0.1, -0.05) is 23.2 Å². The SMILES string of the molecule is CC(C)(C)N(NC(=O)c1ccc([N+](=O)[O-])cc1Cl)C(=O)c1ccc([N+](=O)[O-])cc1Cl. The molecule has 0 aliphatic rings. The molecule has 2 rings (SSSR count). The summed E-state index contributed by atoms with van der Waals surface area (Å²) in [7, 11) is 0. The Kier molecular flexibility index (Phi) is 6.63. The van der Waals surface area contributed by atoms with Gasteiger partial charge in [0.15, 0.2) is 0 Å². The third kappa shape index (κ3) is 5.02. The van der Waals surface area contributed by atoms with Gasteiger partial charge >= 0.3 is 0 Å². The van der Waals surface area contributed by atoms with Crippen LogP contribution in [0.25, 0.3) is 0 Å². The first-order valence-corrected chi connectivity index (χ1v) is 9.12. The highest BCUT2D eigenvalue weighted by Crippen LogP contribution is 2.27. The minimum atomic E-state index is -0.925. The minimum absolute atomic E-state index is 0.0627. The predicted molar refractivity (Wildman–Crippen MR) is 110 cm³/mol. The van der Waals surface area contributed by atoms with Gasteiger partial charge in [-0.05, 0) is 32.9 Å². The molecular weight excluding hydrogens is 439 g/mol. The van der Waals surface area contributed by atoms with Crippen molar-refractivity contribution in [3.63, 3.8) is 0 Å². The zero-order chi connectivity index (χ0) is 22.8. The number of hydrazine groups is 1. The van der Waals surface area contributed by atoms with Crippen LogP contribution in [0, 0.1) is 20.2 Å². The molecule has 0 saturated carbocycles. The van der Waals surface area contributed by atoms with E-state index in [4.69, 9.17) is 23.2 Å². The summed E-state index contributed by atoms with van der Waals surface area (Å²) in [5.41, 5.74) is 0.767. The van der Waals surface area contributed by atoms with Crippen LogP contribution in [-0.4, -0.2) is 32.2 Å². The summed E-state index contributed by atoms with van der Waals surface area (Å²) < 4.78 is 0. The summed E-state index contributed by atoms with van der Waals surface area (Å²) in [4.78, 5) is 46.1. The highest BCUT2D eigenvalue weighted by Gasteiger charge is 2.32. The highest BCUT2D eigenvalue weighted by atomic mass is 35.5. The monoisotopic (exact) mass is 454 g/mol. The molecule has 0 aliphatic carbocycles. The van der Waals surface area contributed by atoms with Crippen LogP contribution in [0.5, 0.6) is 0 Å². The Balaban J connectivity index is 2.37. The first-order chi connectivity index (χ1) is 13.8. The Labute approximate surface area is 180 Å². The number of amides is 2. The van der Waals surface area contributed by atoms with Crippen molar-refractivity contribution in [2.75, 3.05) is 0 Å². The van der Waals surface area contributed by atoms with Crippen molar-refractivity contribution >= 4 is 46.4 Å². The number of carbonyl (C=O) groups is 2. The molecule has 1 N–H and O–H groups in total. The zero-order valence-corrected chi connectivity index (χ0v) is 17.5. The summed E-state index contributed by atoms with van der Waals surface area (Å²) in [6.07, 6.45) is 0. The van der Waals surface area contributed by atoms with Gasteiger partial charge in [-0.2, -0.15) is 0 Å². The maximum atomic E-state index is 13.0. The van der Waals surface area contributed by atoms with E-state index in [0.29, 0.717) is 0 Å². The number of nitro benzene ring substituents is 2. The number of non-ortho nitro benzene ring substituents is 2. The standard InChI is InChI=1S/C18H16Cl2N4O6/c1-18(2,3)22(17(26)13-7-5-11(24(29)30)9-15(13)20)21-16(25)12-6-4-10(23(27)28)8-14(12)19/h4-9H,1-3H3,(H,21,25). The molecule has 2 amide bonds. The van der Waals surface area contributed by atoms with Crippen LogP contribution < -0.4 is 5.43 Å². The molecule has 2 aromatic rings. The first kappa shape index (κ1) is 23.0. The van der Waals surface area contributed by atoms with E-state index in [-0.39, 0.29) is 32.5 Å². The normalized spacial score (nSPS) is 11.0. The van der Waals surface area contributed by atoms with Crippen molar-refractivity contribution in [1.29, 1.82) is 0 Å². The lowest BCUT2D eigenvalue weighted by atomic mass is 10.1. The number of halogens is 2. The van der Waals surface area contributed by atoms with Crippen molar-refractivity contribution in [3.8, 4) is 0 Å². The van der Waals surface area contributed by atoms with Crippen molar-refractivity contribution in [2.45, 2.75) is 26.3 Å². The van der Waals surface area contributed by atoms with Gasteiger partial charge in [0, 0.05) is 24.3 Å². The molecule has 0 fully saturated rings. The fraction of sp³-hybridized carbons (Fsp3) is 0.222. The minimum Gasteiger partial charge on any atom is -0.267 e. The van der Waals surface area contributed by atoms with E-state index in [1.807, 2.05) is 0 Å². The highest BCUT2D eigenvalue weighted by molar-refractivity contribution is 6.34. The maximum absolute atomic E-state index is 13.0. The zero-order valence-electron chi connectivity index (χ0n) is 16.0. The number of hydrogen-bond acceptors (Lipinski definition) is 6. The molecule has 10 nitrogen and oxygen atoms in total. The molecular formula is C18H16Cl2N4O6. The van der Waals surface area contributed by atoms with E-state index in [1.165, 1.54) is 12.1 Å². The Morgan fingerprint density at radius 1 is 0.900 bits per heavy atom. The number of hydrogen-bond donors (Lipinski definition) is 1. The number of benzene rings is 2. The largest absolute Gasteiger partial charge is 0.274 e. The molecule has 0 heterocycles. The lowest BCUT2D eigenvalue weighted by molar-refractivity contribution is -0.385. The van der Waals surface area contributed by atoms with Crippen LogP contribution in [0.4, 0.5) is 11.4 Å². The second-order valence-corrected chi connectivity index (χ2v) is 7.91. The Bertz CT molecular complexity index is 1050. The molecule has 158 valence electrons. The molecule has 0 bridgehead atoms. The Morgan fingerprint density at radius 2 is 1.33 bits per heavy atom. The lowest BCUT2D eigenvalue weighted by Crippen LogP contribution is -2.56. The van der Waals surface area contributed by atoms with E-state index in [2.05, 4.69) is 5.43 Å². The van der Waals surface area contributed by atoms with Crippen molar-refractivity contribution in [2.24, 2.45) is 0 Å². The van der Waals surface area contributed by atoms with Crippen molar-refractivity contribution < 1.29 is 19.4 Å². The number of nitro groups is 2. The van der Waals surface area contributed by atoms with Crippen LogP contribution in [0.2, 0.25) is 10.0 Å². The van der Waals surface area contributed by atoms with Crippen LogP contribution in [-0.2, 0) is 0 Å². The number of rotatable bonds is 4. The van der Waals surface area contributed by atoms with E-state index in [9.17, 15) is 29.8 Å². The number of nitrogens with zero attached hydrogens (tertiary/aromatic N) is 3. The van der Waals surface area contributed by atoms with Crippen LogP contribution in [0.1, 0.15) is 41.5 Å². The van der Waals surface area contributed by atoms with Gasteiger partial charge in [-0.3, -0.25) is 35.2 Å². The Morgan fingerprint density at radius 3 is 1.70 bits per heavy atom. The number of carbonyl (C=O) groups excluding carboxylic acids is 2. The van der Waals surface area contributed by atoms with Gasteiger partial charge in [0.1, 0.15) is 0 Å². The second-order valence-electron chi connectivity index (χ2n) is 7.09. The van der Waals surface area contributed by atoms with E-state index < -0.39 is 27.2 Å². The summed E-state index contributed by atoms with van der Waals surface area (Å²) in [6, 6.07) is 6.64. The molecule has 0 spiro atoms. The third-order valence-corrected chi connectivity index (χ3v) is 4.51. The second kappa shape index (κ2) is 8.64. The summed E-state index contributed by atoms with van der Waals surface area (Å²) >= 11 is 12.0. The van der Waals surface area contributed by atoms with Crippen LogP contribution in [0.3, 0.4) is 0 Å².